The Labute approximate surface area is 117 Å². The quantitative estimate of drug-likeness (QED) is 0.901. The predicted molar refractivity (Wildman–Crippen MR) is 75.7 cm³/mol. The summed E-state index contributed by atoms with van der Waals surface area (Å²) in [5, 5.41) is 7.05. The summed E-state index contributed by atoms with van der Waals surface area (Å²) in [6, 6.07) is 6.41. The minimum Gasteiger partial charge on any atom is -0.382 e. The predicted octanol–water partition coefficient (Wildman–Crippen LogP) is 2.91. The van der Waals surface area contributed by atoms with Gasteiger partial charge < -0.3 is 10.5 Å². The van der Waals surface area contributed by atoms with Crippen molar-refractivity contribution in [3.05, 3.63) is 35.8 Å². The number of methoxy groups -OCH3 is 1. The van der Waals surface area contributed by atoms with Gasteiger partial charge in [-0.3, -0.25) is 5.10 Å². The highest BCUT2D eigenvalue weighted by Crippen LogP contribution is 2.40. The molecule has 1 aliphatic carbocycles. The number of aromatic nitrogens is 2. The van der Waals surface area contributed by atoms with Crippen LogP contribution in [0.2, 0.25) is 0 Å². The second-order valence-corrected chi connectivity index (χ2v) is 5.39. The minimum absolute atomic E-state index is 0.124. The molecule has 0 spiro atoms. The number of halogens is 1. The number of nitrogen functional groups attached to an aromatic ring is 1. The molecule has 0 radical (unpaired) electrons. The van der Waals surface area contributed by atoms with Crippen LogP contribution >= 0.6 is 0 Å². The van der Waals surface area contributed by atoms with Gasteiger partial charge in [-0.15, -0.1) is 0 Å². The highest BCUT2D eigenvalue weighted by molar-refractivity contribution is 5.76. The number of aromatic amines is 1. The molecular weight excluding hydrogens is 257 g/mol. The molecule has 1 heterocycles. The van der Waals surface area contributed by atoms with E-state index in [1.54, 1.807) is 13.2 Å². The Balaban J connectivity index is 1.97. The molecule has 3 rings (SSSR count). The van der Waals surface area contributed by atoms with Crippen molar-refractivity contribution >= 4 is 5.82 Å². The largest absolute Gasteiger partial charge is 0.382 e. The molecule has 1 saturated carbocycles. The number of nitrogens with one attached hydrogen (secondary N) is 1. The highest BCUT2D eigenvalue weighted by atomic mass is 19.1. The van der Waals surface area contributed by atoms with E-state index in [4.69, 9.17) is 10.5 Å². The molecule has 2 aromatic rings. The summed E-state index contributed by atoms with van der Waals surface area (Å²) in [7, 11) is 1.74. The number of nitrogens with two attached hydrogens (primary N) is 1. The van der Waals surface area contributed by atoms with E-state index in [9.17, 15) is 4.39 Å². The molecule has 0 amide bonds. The summed E-state index contributed by atoms with van der Waals surface area (Å²) >= 11 is 0. The molecule has 1 aromatic heterocycles. The van der Waals surface area contributed by atoms with Gasteiger partial charge in [-0.25, -0.2) is 4.39 Å². The number of rotatable bonds is 4. The number of anilines is 1. The Kier molecular flexibility index (Phi) is 3.22. The van der Waals surface area contributed by atoms with Gasteiger partial charge in [0.15, 0.2) is 5.82 Å². The zero-order valence-corrected chi connectivity index (χ0v) is 11.4. The van der Waals surface area contributed by atoms with Gasteiger partial charge >= 0.3 is 0 Å². The Morgan fingerprint density at radius 1 is 1.45 bits per heavy atom. The van der Waals surface area contributed by atoms with Crippen LogP contribution in [-0.2, 0) is 11.2 Å². The molecule has 5 heteroatoms. The molecule has 0 saturated heterocycles. The second-order valence-electron chi connectivity index (χ2n) is 5.39. The number of benzene rings is 1. The zero-order chi connectivity index (χ0) is 14.2. The summed E-state index contributed by atoms with van der Waals surface area (Å²) in [6.07, 6.45) is 3.96. The molecule has 106 valence electrons. The van der Waals surface area contributed by atoms with Crippen molar-refractivity contribution < 1.29 is 9.13 Å². The van der Waals surface area contributed by atoms with Crippen LogP contribution in [0.15, 0.2) is 24.3 Å². The molecule has 0 aliphatic heterocycles. The normalized spacial score (nSPS) is 16.9. The third-order valence-corrected chi connectivity index (χ3v) is 4.18. The summed E-state index contributed by atoms with van der Waals surface area (Å²) in [6.45, 7) is 0. The molecule has 0 unspecified atom stereocenters. The first-order chi connectivity index (χ1) is 9.63. The summed E-state index contributed by atoms with van der Waals surface area (Å²) in [5.41, 5.74) is 8.26. The SMILES string of the molecule is COC1(Cc2[nH]nc(N)c2-c2cccc(F)c2)CCC1. The van der Waals surface area contributed by atoms with Gasteiger partial charge in [-0.2, -0.15) is 5.10 Å². The average Bonchev–Trinajstić information content (AvgIpc) is 2.75. The first kappa shape index (κ1) is 13.1. The molecule has 0 bridgehead atoms. The Hall–Kier alpha value is -1.88. The lowest BCUT2D eigenvalue weighted by atomic mass is 9.76. The van der Waals surface area contributed by atoms with Crippen molar-refractivity contribution in [2.75, 3.05) is 12.8 Å². The first-order valence-corrected chi connectivity index (χ1v) is 6.77. The smallest absolute Gasteiger partial charge is 0.153 e. The van der Waals surface area contributed by atoms with Gasteiger partial charge in [0, 0.05) is 24.8 Å². The number of hydrogen-bond acceptors (Lipinski definition) is 3. The zero-order valence-electron chi connectivity index (χ0n) is 11.4. The molecule has 4 nitrogen and oxygen atoms in total. The van der Waals surface area contributed by atoms with E-state index < -0.39 is 0 Å². The van der Waals surface area contributed by atoms with Crippen molar-refractivity contribution in [3.8, 4) is 11.1 Å². The number of hydrogen-bond donors (Lipinski definition) is 2. The van der Waals surface area contributed by atoms with Gasteiger partial charge in [0.2, 0.25) is 0 Å². The molecule has 20 heavy (non-hydrogen) atoms. The van der Waals surface area contributed by atoms with E-state index in [0.717, 1.165) is 36.1 Å². The number of ether oxygens (including phenoxy) is 1. The van der Waals surface area contributed by atoms with Crippen LogP contribution in [0.4, 0.5) is 10.2 Å². The minimum atomic E-state index is -0.279. The van der Waals surface area contributed by atoms with Crippen LogP contribution in [0.5, 0.6) is 0 Å². The van der Waals surface area contributed by atoms with Crippen LogP contribution in [0.3, 0.4) is 0 Å². The lowest BCUT2D eigenvalue weighted by molar-refractivity contribution is -0.0713. The highest BCUT2D eigenvalue weighted by Gasteiger charge is 2.38. The fraction of sp³-hybridized carbons (Fsp3) is 0.400. The maximum absolute atomic E-state index is 13.4. The Bertz CT molecular complexity index is 614. The summed E-state index contributed by atoms with van der Waals surface area (Å²) in [5.74, 6) is 0.121. The van der Waals surface area contributed by atoms with Crippen molar-refractivity contribution in [1.82, 2.24) is 10.2 Å². The van der Waals surface area contributed by atoms with E-state index in [1.807, 2.05) is 6.07 Å². The van der Waals surface area contributed by atoms with E-state index in [2.05, 4.69) is 10.2 Å². The van der Waals surface area contributed by atoms with Gasteiger partial charge in [-0.05, 0) is 37.0 Å². The van der Waals surface area contributed by atoms with Crippen LogP contribution in [0.25, 0.3) is 11.1 Å². The van der Waals surface area contributed by atoms with Crippen molar-refractivity contribution in [2.45, 2.75) is 31.3 Å². The van der Waals surface area contributed by atoms with Crippen LogP contribution in [0, 0.1) is 5.82 Å². The van der Waals surface area contributed by atoms with Gasteiger partial charge in [0.05, 0.1) is 5.60 Å². The summed E-state index contributed by atoms with van der Waals surface area (Å²) < 4.78 is 19.0. The van der Waals surface area contributed by atoms with Crippen molar-refractivity contribution in [2.24, 2.45) is 0 Å². The lowest BCUT2D eigenvalue weighted by Crippen LogP contribution is -2.41. The van der Waals surface area contributed by atoms with Crippen LogP contribution in [0.1, 0.15) is 25.0 Å². The second kappa shape index (κ2) is 4.90. The number of H-pyrrole nitrogens is 1. The third kappa shape index (κ3) is 2.18. The molecule has 1 aromatic carbocycles. The van der Waals surface area contributed by atoms with Crippen LogP contribution < -0.4 is 5.73 Å². The monoisotopic (exact) mass is 275 g/mol. The topological polar surface area (TPSA) is 63.9 Å². The average molecular weight is 275 g/mol. The lowest BCUT2D eigenvalue weighted by Gasteiger charge is -2.40. The molecule has 3 N–H and O–H groups in total. The van der Waals surface area contributed by atoms with Crippen LogP contribution in [-0.4, -0.2) is 22.9 Å². The molecule has 0 atom stereocenters. The van der Waals surface area contributed by atoms with E-state index >= 15 is 0 Å². The number of nitrogens with zero attached hydrogens (tertiary/aromatic N) is 1. The van der Waals surface area contributed by atoms with E-state index in [1.165, 1.54) is 18.6 Å². The maximum Gasteiger partial charge on any atom is 0.153 e. The maximum atomic E-state index is 13.4. The van der Waals surface area contributed by atoms with Gasteiger partial charge in [-0.1, -0.05) is 12.1 Å². The standard InChI is InChI=1S/C15H18FN3O/c1-20-15(6-3-7-15)9-12-13(14(17)19-18-12)10-4-2-5-11(16)8-10/h2,4-5,8H,3,6-7,9H2,1H3,(H3,17,18,19). The molecule has 1 fully saturated rings. The fourth-order valence-corrected chi connectivity index (χ4v) is 2.83. The molecular formula is C15H18FN3O. The van der Waals surface area contributed by atoms with Crippen molar-refractivity contribution in [3.63, 3.8) is 0 Å². The summed E-state index contributed by atoms with van der Waals surface area (Å²) in [4.78, 5) is 0. The van der Waals surface area contributed by atoms with E-state index in [0.29, 0.717) is 5.82 Å². The van der Waals surface area contributed by atoms with Gasteiger partial charge in [0.1, 0.15) is 5.82 Å². The van der Waals surface area contributed by atoms with Crippen molar-refractivity contribution in [1.29, 1.82) is 0 Å². The third-order valence-electron chi connectivity index (χ3n) is 4.18. The molecule has 1 aliphatic rings. The Morgan fingerprint density at radius 3 is 2.85 bits per heavy atom. The Morgan fingerprint density at radius 2 is 2.25 bits per heavy atom. The van der Waals surface area contributed by atoms with Gasteiger partial charge in [0.25, 0.3) is 0 Å². The first-order valence-electron chi connectivity index (χ1n) is 6.77. The fourth-order valence-electron chi connectivity index (χ4n) is 2.83. The van der Waals surface area contributed by atoms with E-state index in [-0.39, 0.29) is 11.4 Å².